The van der Waals surface area contributed by atoms with E-state index < -0.39 is 16.9 Å². The Labute approximate surface area is 279 Å². The number of aromatic nitrogens is 2. The van der Waals surface area contributed by atoms with Crippen LogP contribution in [0.3, 0.4) is 0 Å². The molecule has 0 aliphatic carbocycles. The largest absolute Gasteiger partial charge is 0.489 e. The first-order valence-corrected chi connectivity index (χ1v) is 16.8. The second-order valence-corrected chi connectivity index (χ2v) is 11.9. The summed E-state index contributed by atoms with van der Waals surface area (Å²) in [5.74, 6) is -0.378. The van der Waals surface area contributed by atoms with E-state index in [0.717, 1.165) is 5.56 Å². The minimum atomic E-state index is -1.52. The number of hydrogen-bond donors (Lipinski definition) is 3. The van der Waals surface area contributed by atoms with Crippen LogP contribution in [0.2, 0.25) is 0 Å². The predicted octanol–water partition coefficient (Wildman–Crippen LogP) is 3.82. The summed E-state index contributed by atoms with van der Waals surface area (Å²) in [7, 11) is 1.65. The highest BCUT2D eigenvalue weighted by atomic mass is 32.2. The first-order chi connectivity index (χ1) is 22.8. The summed E-state index contributed by atoms with van der Waals surface area (Å²) >= 11 is 0. The van der Waals surface area contributed by atoms with Crippen molar-refractivity contribution in [3.63, 3.8) is 0 Å². The Morgan fingerprint density at radius 1 is 1.09 bits per heavy atom. The van der Waals surface area contributed by atoms with Gasteiger partial charge in [-0.1, -0.05) is 44.5 Å². The Hall–Kier alpha value is -3.95. The highest BCUT2D eigenvalue weighted by Gasteiger charge is 2.20. The van der Waals surface area contributed by atoms with Gasteiger partial charge in [-0.25, -0.2) is 18.5 Å². The fraction of sp³-hybridized carbons (Fsp3) is 0.455. The summed E-state index contributed by atoms with van der Waals surface area (Å²) in [6.45, 7) is 7.10. The van der Waals surface area contributed by atoms with Crippen molar-refractivity contribution in [3.8, 4) is 17.0 Å². The predicted molar refractivity (Wildman–Crippen MR) is 181 cm³/mol. The number of fused-ring (bicyclic) bond motifs is 13. The van der Waals surface area contributed by atoms with Crippen LogP contribution in [-0.2, 0) is 36.5 Å². The van der Waals surface area contributed by atoms with E-state index in [1.165, 1.54) is 19.7 Å². The quantitative estimate of drug-likeness (QED) is 0.258. The van der Waals surface area contributed by atoms with Crippen LogP contribution in [0.15, 0.2) is 53.6 Å². The van der Waals surface area contributed by atoms with Crippen molar-refractivity contribution < 1.29 is 32.7 Å². The molecule has 0 fully saturated rings. The minimum absolute atomic E-state index is 0.0227. The lowest BCUT2D eigenvalue weighted by Gasteiger charge is -2.21. The maximum absolute atomic E-state index is 13.5. The van der Waals surface area contributed by atoms with Gasteiger partial charge in [0, 0.05) is 37.2 Å². The smallest absolute Gasteiger partial charge is 0.305 e. The number of nitrogens with one attached hydrogen (secondary N) is 2. The molecule has 1 atom stereocenters. The number of methoxy groups -OCH3 is 1. The van der Waals surface area contributed by atoms with Gasteiger partial charge in [0.15, 0.2) is 11.5 Å². The van der Waals surface area contributed by atoms with E-state index in [2.05, 4.69) is 34.4 Å². The number of carbonyl (C=O) groups is 2. The van der Waals surface area contributed by atoms with Crippen LogP contribution in [0, 0.1) is 0 Å². The standard InChI is InChI=1S/C30H38N6O7S.C3H8/c1-32-19-22-5-3-6-24-28(22)43-18-17-42-16-15-41-14-13-36(12-4-7-26(37)40-2)44(39)23-10-8-21(9-11-23)25-20-33-29(31)27(34-25)30(38)35-24;1-3-2/h3,5-6,8-11,20,32H,4,7,12-19H2,1-2H3,(H2,31,33)(H,35,38);3H2,1-2H3. The highest BCUT2D eigenvalue weighted by Crippen LogP contribution is 2.30. The maximum atomic E-state index is 13.5. The van der Waals surface area contributed by atoms with Crippen LogP contribution < -0.4 is 21.1 Å². The molecule has 2 aliphatic heterocycles. The molecule has 3 heterocycles. The Balaban J connectivity index is 0.00000192. The lowest BCUT2D eigenvalue weighted by Crippen LogP contribution is -2.31. The molecule has 256 valence electrons. The summed E-state index contributed by atoms with van der Waals surface area (Å²) in [4.78, 5) is 34.3. The lowest BCUT2D eigenvalue weighted by atomic mass is 10.1. The molecule has 0 saturated heterocycles. The van der Waals surface area contributed by atoms with E-state index in [-0.39, 0.29) is 30.5 Å². The zero-order valence-electron chi connectivity index (χ0n) is 27.6. The maximum Gasteiger partial charge on any atom is 0.305 e. The van der Waals surface area contributed by atoms with Gasteiger partial charge < -0.3 is 35.3 Å². The van der Waals surface area contributed by atoms with Crippen LogP contribution in [0.25, 0.3) is 11.3 Å². The highest BCUT2D eigenvalue weighted by molar-refractivity contribution is 7.82. The van der Waals surface area contributed by atoms with E-state index >= 15 is 0 Å². The Morgan fingerprint density at radius 3 is 2.49 bits per heavy atom. The van der Waals surface area contributed by atoms with Crippen molar-refractivity contribution in [1.29, 1.82) is 0 Å². The summed E-state index contributed by atoms with van der Waals surface area (Å²) in [5, 5.41) is 5.98. The number of anilines is 2. The summed E-state index contributed by atoms with van der Waals surface area (Å²) in [6, 6.07) is 12.4. The van der Waals surface area contributed by atoms with E-state index in [1.54, 1.807) is 34.6 Å². The normalized spacial score (nSPS) is 16.3. The van der Waals surface area contributed by atoms with E-state index in [0.29, 0.717) is 80.1 Å². The molecule has 1 aromatic heterocycles. The number of esters is 1. The van der Waals surface area contributed by atoms with E-state index in [9.17, 15) is 13.8 Å². The number of benzene rings is 2. The molecule has 1 amide bonds. The fourth-order valence-corrected chi connectivity index (χ4v) is 5.63. The van der Waals surface area contributed by atoms with Crippen molar-refractivity contribution in [3.05, 3.63) is 59.9 Å². The number of para-hydroxylation sites is 1. The van der Waals surface area contributed by atoms with Crippen molar-refractivity contribution >= 4 is 34.4 Å². The first-order valence-electron chi connectivity index (χ1n) is 15.7. The van der Waals surface area contributed by atoms with Crippen molar-refractivity contribution in [2.45, 2.75) is 44.6 Å². The van der Waals surface area contributed by atoms with Gasteiger partial charge in [-0.2, -0.15) is 0 Å². The van der Waals surface area contributed by atoms with Crippen LogP contribution in [0.1, 0.15) is 49.2 Å². The van der Waals surface area contributed by atoms with Gasteiger partial charge in [0.05, 0.1) is 56.0 Å². The molecular weight excluding hydrogens is 624 g/mol. The van der Waals surface area contributed by atoms with Gasteiger partial charge in [-0.3, -0.25) is 9.59 Å². The number of carbonyl (C=O) groups excluding carboxylic acids is 2. The average Bonchev–Trinajstić information content (AvgIpc) is 3.07. The Kier molecular flexibility index (Phi) is 16.2. The third kappa shape index (κ3) is 11.7. The fourth-order valence-electron chi connectivity index (χ4n) is 4.43. The molecule has 0 saturated carbocycles. The van der Waals surface area contributed by atoms with Crippen molar-refractivity contribution in [2.75, 3.05) is 71.3 Å². The number of nitrogen functional groups attached to an aromatic ring is 1. The summed E-state index contributed by atoms with van der Waals surface area (Å²) < 4.78 is 37.5. The average molecular weight is 671 g/mol. The molecule has 4 bridgehead atoms. The third-order valence-electron chi connectivity index (χ3n) is 6.66. The molecule has 0 radical (unpaired) electrons. The molecular formula is C33H46N6O7S. The third-order valence-corrected chi connectivity index (χ3v) is 8.17. The second kappa shape index (κ2) is 20.3. The summed E-state index contributed by atoms with van der Waals surface area (Å²) in [5.41, 5.74) is 8.43. The number of rotatable bonds is 6. The molecule has 1 unspecified atom stereocenters. The summed E-state index contributed by atoms with van der Waals surface area (Å²) in [6.07, 6.45) is 3.42. The molecule has 5 rings (SSSR count). The second-order valence-electron chi connectivity index (χ2n) is 10.4. The molecule has 0 spiro atoms. The molecule has 13 nitrogen and oxygen atoms in total. The van der Waals surface area contributed by atoms with Gasteiger partial charge in [0.25, 0.3) is 5.91 Å². The number of hydrogen-bond acceptors (Lipinski definition) is 11. The zero-order valence-corrected chi connectivity index (χ0v) is 28.4. The molecule has 47 heavy (non-hydrogen) atoms. The molecule has 2 aliphatic rings. The number of nitrogens with two attached hydrogens (primary N) is 1. The topological polar surface area (TPSA) is 167 Å². The zero-order chi connectivity index (χ0) is 34.0. The first kappa shape index (κ1) is 37.5. The van der Waals surface area contributed by atoms with Crippen LogP contribution in [0.5, 0.6) is 5.75 Å². The van der Waals surface area contributed by atoms with Gasteiger partial charge in [-0.15, -0.1) is 0 Å². The number of nitrogens with zero attached hydrogens (tertiary/aromatic N) is 3. The van der Waals surface area contributed by atoms with Gasteiger partial charge >= 0.3 is 5.97 Å². The van der Waals surface area contributed by atoms with Gasteiger partial charge in [0.2, 0.25) is 0 Å². The van der Waals surface area contributed by atoms with Crippen LogP contribution in [-0.4, -0.2) is 90.6 Å². The lowest BCUT2D eigenvalue weighted by molar-refractivity contribution is -0.140. The number of amides is 1. The van der Waals surface area contributed by atoms with Crippen LogP contribution in [0.4, 0.5) is 11.5 Å². The molecule has 2 aromatic carbocycles. The monoisotopic (exact) mass is 670 g/mol. The molecule has 14 heteroatoms. The van der Waals surface area contributed by atoms with Crippen molar-refractivity contribution in [2.24, 2.45) is 0 Å². The van der Waals surface area contributed by atoms with E-state index in [1.807, 2.05) is 19.2 Å². The molecule has 3 aromatic rings. The van der Waals surface area contributed by atoms with Crippen molar-refractivity contribution in [1.82, 2.24) is 19.6 Å². The Bertz CT molecular complexity index is 1460. The molecule has 4 N–H and O–H groups in total. The van der Waals surface area contributed by atoms with E-state index in [4.69, 9.17) is 24.7 Å². The van der Waals surface area contributed by atoms with Gasteiger partial charge in [-0.05, 0) is 31.7 Å². The van der Waals surface area contributed by atoms with Crippen LogP contribution >= 0.6 is 0 Å². The Morgan fingerprint density at radius 2 is 1.79 bits per heavy atom. The number of ether oxygens (including phenoxy) is 4. The SMILES string of the molecule is CCC.CNCc1cccc2c1OCCOCCOCCN(CCCC(=O)OC)S(=O)c1ccc(cc1)-c1cnc(N)c(n1)C(=O)N2. The minimum Gasteiger partial charge on any atom is -0.489 e. The van der Waals surface area contributed by atoms with Gasteiger partial charge in [0.1, 0.15) is 23.3 Å².